The summed E-state index contributed by atoms with van der Waals surface area (Å²) in [5, 5.41) is 14.9. The fraction of sp³-hybridized carbons (Fsp3) is 0.444. The summed E-state index contributed by atoms with van der Waals surface area (Å²) in [6.07, 6.45) is 4.44. The fourth-order valence-electron chi connectivity index (χ4n) is 5.11. The van der Waals surface area contributed by atoms with Gasteiger partial charge in [-0.3, -0.25) is 4.79 Å². The Bertz CT molecular complexity index is 1050. The lowest BCUT2D eigenvalue weighted by atomic mass is 9.79. The molecule has 0 saturated heterocycles. The summed E-state index contributed by atoms with van der Waals surface area (Å²) in [4.78, 5) is 37.3. The van der Waals surface area contributed by atoms with Crippen LogP contribution >= 0.6 is 0 Å². The molecule has 34 heavy (non-hydrogen) atoms. The molecule has 2 aromatic rings. The minimum Gasteiger partial charge on any atom is -0.480 e. The van der Waals surface area contributed by atoms with Crippen molar-refractivity contribution in [1.29, 1.82) is 0 Å². The van der Waals surface area contributed by atoms with Gasteiger partial charge in [0.05, 0.1) is 0 Å². The van der Waals surface area contributed by atoms with Gasteiger partial charge in [0.1, 0.15) is 18.7 Å². The normalized spacial score (nSPS) is 18.7. The zero-order valence-electron chi connectivity index (χ0n) is 19.0. The second-order valence-corrected chi connectivity index (χ2v) is 9.72. The second-order valence-electron chi connectivity index (χ2n) is 9.72. The number of rotatable bonds is 9. The van der Waals surface area contributed by atoms with Gasteiger partial charge >= 0.3 is 12.1 Å². The summed E-state index contributed by atoms with van der Waals surface area (Å²) in [5.41, 5.74) is 4.53. The SMILES string of the molecule is O=C(N[C@@H](CC1CC1)C(=O)NC(C(=O)O)C1CCC1)OCC1c2ccccc2-c2ccccc21. The van der Waals surface area contributed by atoms with E-state index < -0.39 is 30.1 Å². The van der Waals surface area contributed by atoms with E-state index in [1.807, 2.05) is 24.3 Å². The smallest absolute Gasteiger partial charge is 0.407 e. The first kappa shape index (κ1) is 22.4. The standard InChI is InChI=1S/C27H30N2O5/c30-25(29-24(26(31)32)17-6-5-7-17)23(14-16-12-13-16)28-27(33)34-15-22-20-10-3-1-8-18(20)19-9-2-4-11-21(19)22/h1-4,8-11,16-17,22-24H,5-7,12-15H2,(H,28,33)(H,29,30)(H,31,32)/t23-,24?/m0/s1. The van der Waals surface area contributed by atoms with Crippen molar-refractivity contribution in [3.63, 3.8) is 0 Å². The van der Waals surface area contributed by atoms with Crippen LogP contribution in [0.3, 0.4) is 0 Å². The van der Waals surface area contributed by atoms with Crippen molar-refractivity contribution >= 4 is 18.0 Å². The van der Waals surface area contributed by atoms with Gasteiger partial charge in [-0.05, 0) is 53.4 Å². The van der Waals surface area contributed by atoms with Crippen LogP contribution in [0, 0.1) is 11.8 Å². The van der Waals surface area contributed by atoms with E-state index in [1.54, 1.807) is 0 Å². The summed E-state index contributed by atoms with van der Waals surface area (Å²) < 4.78 is 5.61. The number of ether oxygens (including phenoxy) is 1. The van der Waals surface area contributed by atoms with Crippen molar-refractivity contribution in [3.05, 3.63) is 59.7 Å². The van der Waals surface area contributed by atoms with Crippen LogP contribution in [-0.2, 0) is 14.3 Å². The zero-order chi connectivity index (χ0) is 23.7. The third-order valence-electron chi connectivity index (χ3n) is 7.40. The quantitative estimate of drug-likeness (QED) is 0.521. The molecule has 1 unspecified atom stereocenters. The molecule has 2 amide bonds. The molecule has 0 aliphatic heterocycles. The molecule has 7 nitrogen and oxygen atoms in total. The Balaban J connectivity index is 1.23. The molecule has 0 spiro atoms. The van der Waals surface area contributed by atoms with E-state index in [1.165, 1.54) is 0 Å². The molecule has 2 atom stereocenters. The van der Waals surface area contributed by atoms with Gasteiger partial charge in [-0.25, -0.2) is 9.59 Å². The van der Waals surface area contributed by atoms with E-state index in [0.717, 1.165) is 54.4 Å². The van der Waals surface area contributed by atoms with E-state index in [-0.39, 0.29) is 18.4 Å². The Morgan fingerprint density at radius 2 is 1.53 bits per heavy atom. The Labute approximate surface area is 198 Å². The molecule has 0 bridgehead atoms. The molecule has 3 N–H and O–H groups in total. The molecular weight excluding hydrogens is 432 g/mol. The van der Waals surface area contributed by atoms with Gasteiger partial charge in [-0.15, -0.1) is 0 Å². The van der Waals surface area contributed by atoms with E-state index in [4.69, 9.17) is 4.74 Å². The Kier molecular flexibility index (Phi) is 6.26. The first-order valence-electron chi connectivity index (χ1n) is 12.2. The summed E-state index contributed by atoms with van der Waals surface area (Å²) in [6.45, 7) is 0.164. The van der Waals surface area contributed by atoms with Crippen LogP contribution < -0.4 is 10.6 Å². The highest BCUT2D eigenvalue weighted by atomic mass is 16.5. The minimum absolute atomic E-state index is 0.0440. The molecule has 0 radical (unpaired) electrons. The van der Waals surface area contributed by atoms with E-state index >= 15 is 0 Å². The topological polar surface area (TPSA) is 105 Å². The van der Waals surface area contributed by atoms with Crippen LogP contribution in [0.1, 0.15) is 55.6 Å². The van der Waals surface area contributed by atoms with Crippen molar-refractivity contribution in [3.8, 4) is 11.1 Å². The maximum absolute atomic E-state index is 12.9. The Morgan fingerprint density at radius 1 is 0.912 bits per heavy atom. The van der Waals surface area contributed by atoms with Crippen LogP contribution in [0.25, 0.3) is 11.1 Å². The number of hydrogen-bond donors (Lipinski definition) is 3. The van der Waals surface area contributed by atoms with Crippen LogP contribution in [0.2, 0.25) is 0 Å². The van der Waals surface area contributed by atoms with Crippen LogP contribution in [0.5, 0.6) is 0 Å². The van der Waals surface area contributed by atoms with Crippen molar-refractivity contribution in [1.82, 2.24) is 10.6 Å². The minimum atomic E-state index is -1.02. The molecular formula is C27H30N2O5. The van der Waals surface area contributed by atoms with Crippen molar-refractivity contribution in [2.45, 2.75) is 56.5 Å². The lowest BCUT2D eigenvalue weighted by Crippen LogP contribution is -2.55. The number of carboxylic acids is 1. The van der Waals surface area contributed by atoms with E-state index in [0.29, 0.717) is 12.3 Å². The lowest BCUT2D eigenvalue weighted by molar-refractivity contribution is -0.144. The number of carboxylic acid groups (broad SMARTS) is 1. The third kappa shape index (κ3) is 4.65. The van der Waals surface area contributed by atoms with Crippen molar-refractivity contribution < 1.29 is 24.2 Å². The maximum Gasteiger partial charge on any atom is 0.407 e. The predicted octanol–water partition coefficient (Wildman–Crippen LogP) is 4.06. The largest absolute Gasteiger partial charge is 0.480 e. The maximum atomic E-state index is 12.9. The fourth-order valence-corrected chi connectivity index (χ4v) is 5.11. The molecule has 3 aliphatic rings. The van der Waals surface area contributed by atoms with Gasteiger partial charge in [0.25, 0.3) is 0 Å². The highest BCUT2D eigenvalue weighted by Gasteiger charge is 2.37. The monoisotopic (exact) mass is 462 g/mol. The highest BCUT2D eigenvalue weighted by Crippen LogP contribution is 2.44. The number of nitrogens with one attached hydrogen (secondary N) is 2. The van der Waals surface area contributed by atoms with Gasteiger partial charge in [-0.1, -0.05) is 67.8 Å². The zero-order valence-corrected chi connectivity index (χ0v) is 19.0. The third-order valence-corrected chi connectivity index (χ3v) is 7.40. The van der Waals surface area contributed by atoms with Gasteiger partial charge < -0.3 is 20.5 Å². The molecule has 2 saturated carbocycles. The molecule has 0 aromatic heterocycles. The Morgan fingerprint density at radius 3 is 2.06 bits per heavy atom. The number of carbonyl (C=O) groups is 3. The van der Waals surface area contributed by atoms with Gasteiger partial charge in [0, 0.05) is 5.92 Å². The summed E-state index contributed by atoms with van der Waals surface area (Å²) in [5.74, 6) is -1.21. The summed E-state index contributed by atoms with van der Waals surface area (Å²) in [7, 11) is 0. The van der Waals surface area contributed by atoms with Gasteiger partial charge in [0.15, 0.2) is 0 Å². The Hall–Kier alpha value is -3.35. The van der Waals surface area contributed by atoms with E-state index in [9.17, 15) is 19.5 Å². The van der Waals surface area contributed by atoms with Crippen LogP contribution in [0.15, 0.2) is 48.5 Å². The highest BCUT2D eigenvalue weighted by molar-refractivity contribution is 5.89. The van der Waals surface area contributed by atoms with Crippen molar-refractivity contribution in [2.24, 2.45) is 11.8 Å². The summed E-state index contributed by atoms with van der Waals surface area (Å²) in [6, 6.07) is 14.5. The number of aliphatic carboxylic acids is 1. The number of fused-ring (bicyclic) bond motifs is 3. The second kappa shape index (κ2) is 9.49. The molecule has 3 aliphatic carbocycles. The first-order valence-corrected chi connectivity index (χ1v) is 12.2. The number of amides is 2. The average Bonchev–Trinajstić information content (AvgIpc) is 3.56. The van der Waals surface area contributed by atoms with Crippen LogP contribution in [-0.4, -0.2) is 41.8 Å². The molecule has 7 heteroatoms. The first-order chi connectivity index (χ1) is 16.5. The summed E-state index contributed by atoms with van der Waals surface area (Å²) >= 11 is 0. The number of alkyl carbamates (subject to hydrolysis) is 1. The van der Waals surface area contributed by atoms with Crippen LogP contribution in [0.4, 0.5) is 4.79 Å². The van der Waals surface area contributed by atoms with Gasteiger partial charge in [0.2, 0.25) is 5.91 Å². The predicted molar refractivity (Wildman–Crippen MR) is 126 cm³/mol. The van der Waals surface area contributed by atoms with E-state index in [2.05, 4.69) is 34.9 Å². The number of hydrogen-bond acceptors (Lipinski definition) is 4. The van der Waals surface area contributed by atoms with Gasteiger partial charge in [-0.2, -0.15) is 0 Å². The molecule has 2 aromatic carbocycles. The molecule has 5 rings (SSSR count). The molecule has 178 valence electrons. The number of benzene rings is 2. The average molecular weight is 463 g/mol. The molecule has 2 fully saturated rings. The van der Waals surface area contributed by atoms with Crippen molar-refractivity contribution in [2.75, 3.05) is 6.61 Å². The lowest BCUT2D eigenvalue weighted by Gasteiger charge is -2.32. The molecule has 0 heterocycles. The number of carbonyl (C=O) groups excluding carboxylic acids is 2.